The van der Waals surface area contributed by atoms with Gasteiger partial charge in [0.1, 0.15) is 6.10 Å². The Morgan fingerprint density at radius 3 is 2.80 bits per heavy atom. The summed E-state index contributed by atoms with van der Waals surface area (Å²) >= 11 is 0. The maximum absolute atomic E-state index is 12.4. The highest BCUT2D eigenvalue weighted by Gasteiger charge is 2.24. The van der Waals surface area contributed by atoms with Crippen molar-refractivity contribution in [3.63, 3.8) is 0 Å². The van der Waals surface area contributed by atoms with Crippen LogP contribution in [0.3, 0.4) is 0 Å². The predicted molar refractivity (Wildman–Crippen MR) is 94.6 cm³/mol. The van der Waals surface area contributed by atoms with Gasteiger partial charge < -0.3 is 14.8 Å². The van der Waals surface area contributed by atoms with Crippen LogP contribution in [0.4, 0.5) is 5.69 Å². The number of nitrogens with one attached hydrogen (secondary N) is 1. The van der Waals surface area contributed by atoms with Gasteiger partial charge in [-0.25, -0.2) is 4.79 Å². The first kappa shape index (κ1) is 17.4. The fourth-order valence-electron chi connectivity index (χ4n) is 2.87. The second kappa shape index (κ2) is 7.19. The van der Waals surface area contributed by atoms with Gasteiger partial charge in [0.05, 0.1) is 22.9 Å². The third-order valence-electron chi connectivity index (χ3n) is 4.00. The number of carbonyl (C=O) groups excluding carboxylic acids is 2. The SMILES string of the molecule is Cc1cc(NC(=O)C2CCCO2)c2cc(C(=O)OC(C)C)ccc2n1. The molecule has 3 rings (SSSR count). The third kappa shape index (κ3) is 3.96. The van der Waals surface area contributed by atoms with E-state index in [0.29, 0.717) is 28.8 Å². The maximum Gasteiger partial charge on any atom is 0.338 e. The Labute approximate surface area is 146 Å². The van der Waals surface area contributed by atoms with Crippen molar-refractivity contribution in [1.29, 1.82) is 0 Å². The fraction of sp³-hybridized carbons (Fsp3) is 0.421. The number of rotatable bonds is 4. The van der Waals surface area contributed by atoms with Crippen molar-refractivity contribution in [3.05, 3.63) is 35.5 Å². The standard InChI is InChI=1S/C19H22N2O4/c1-11(2)25-19(23)13-6-7-15-14(10-13)16(9-12(3)20-15)21-18(22)17-5-4-8-24-17/h6-7,9-11,17H,4-5,8H2,1-3H3,(H,20,21,22). The van der Waals surface area contributed by atoms with E-state index in [0.717, 1.165) is 18.5 Å². The van der Waals surface area contributed by atoms with Crippen molar-refractivity contribution in [3.8, 4) is 0 Å². The molecular formula is C19H22N2O4. The van der Waals surface area contributed by atoms with E-state index in [4.69, 9.17) is 9.47 Å². The smallest absolute Gasteiger partial charge is 0.338 e. The molecule has 1 amide bonds. The van der Waals surface area contributed by atoms with Crippen molar-refractivity contribution in [2.45, 2.75) is 45.8 Å². The molecule has 6 heteroatoms. The second-order valence-electron chi connectivity index (χ2n) is 6.49. The van der Waals surface area contributed by atoms with E-state index in [1.165, 1.54) is 0 Å². The lowest BCUT2D eigenvalue weighted by atomic mass is 10.1. The Bertz CT molecular complexity index is 810. The first-order chi connectivity index (χ1) is 11.9. The molecule has 6 nitrogen and oxygen atoms in total. The lowest BCUT2D eigenvalue weighted by Crippen LogP contribution is -2.27. The summed E-state index contributed by atoms with van der Waals surface area (Å²) in [7, 11) is 0. The molecule has 132 valence electrons. The van der Waals surface area contributed by atoms with Crippen LogP contribution < -0.4 is 5.32 Å². The van der Waals surface area contributed by atoms with Crippen molar-refractivity contribution in [2.24, 2.45) is 0 Å². The molecule has 25 heavy (non-hydrogen) atoms. The van der Waals surface area contributed by atoms with Gasteiger partial charge in [-0.1, -0.05) is 0 Å². The number of aromatic nitrogens is 1. The first-order valence-corrected chi connectivity index (χ1v) is 8.49. The van der Waals surface area contributed by atoms with E-state index >= 15 is 0 Å². The Morgan fingerprint density at radius 2 is 2.12 bits per heavy atom. The molecule has 1 aliphatic heterocycles. The molecule has 2 aromatic rings. The van der Waals surface area contributed by atoms with Crippen molar-refractivity contribution in [1.82, 2.24) is 4.98 Å². The minimum atomic E-state index is -0.419. The minimum Gasteiger partial charge on any atom is -0.459 e. The molecule has 0 spiro atoms. The zero-order valence-electron chi connectivity index (χ0n) is 14.7. The molecule has 2 heterocycles. The second-order valence-corrected chi connectivity index (χ2v) is 6.49. The molecule has 1 aromatic heterocycles. The van der Waals surface area contributed by atoms with Crippen LogP contribution in [0.25, 0.3) is 10.9 Å². The summed E-state index contributed by atoms with van der Waals surface area (Å²) in [6.45, 7) is 6.08. The largest absolute Gasteiger partial charge is 0.459 e. The highest BCUT2D eigenvalue weighted by atomic mass is 16.5. The number of carbonyl (C=O) groups is 2. The van der Waals surface area contributed by atoms with Gasteiger partial charge in [0.25, 0.3) is 5.91 Å². The van der Waals surface area contributed by atoms with Crippen LogP contribution in [0.15, 0.2) is 24.3 Å². The van der Waals surface area contributed by atoms with E-state index in [2.05, 4.69) is 10.3 Å². The predicted octanol–water partition coefficient (Wildman–Crippen LogP) is 3.23. The van der Waals surface area contributed by atoms with Crippen LogP contribution in [0.5, 0.6) is 0 Å². The van der Waals surface area contributed by atoms with Crippen LogP contribution in [-0.4, -0.2) is 35.7 Å². The summed E-state index contributed by atoms with van der Waals surface area (Å²) in [6.07, 6.45) is 0.995. The third-order valence-corrected chi connectivity index (χ3v) is 4.00. The summed E-state index contributed by atoms with van der Waals surface area (Å²) < 4.78 is 10.7. The molecule has 1 aliphatic rings. The summed E-state index contributed by atoms with van der Waals surface area (Å²) in [4.78, 5) is 29.0. The number of fused-ring (bicyclic) bond motifs is 1. The van der Waals surface area contributed by atoms with Crippen molar-refractivity contribution in [2.75, 3.05) is 11.9 Å². The van der Waals surface area contributed by atoms with Gasteiger partial charge in [0.2, 0.25) is 0 Å². The van der Waals surface area contributed by atoms with Gasteiger partial charge in [-0.3, -0.25) is 9.78 Å². The molecule has 0 radical (unpaired) electrons. The monoisotopic (exact) mass is 342 g/mol. The van der Waals surface area contributed by atoms with E-state index in [-0.39, 0.29) is 12.0 Å². The zero-order valence-corrected chi connectivity index (χ0v) is 14.7. The van der Waals surface area contributed by atoms with E-state index in [1.54, 1.807) is 38.1 Å². The van der Waals surface area contributed by atoms with Crippen LogP contribution in [-0.2, 0) is 14.3 Å². The van der Waals surface area contributed by atoms with Gasteiger partial charge in [0.15, 0.2) is 0 Å². The molecule has 1 atom stereocenters. The van der Waals surface area contributed by atoms with E-state index < -0.39 is 12.1 Å². The maximum atomic E-state index is 12.4. The topological polar surface area (TPSA) is 77.5 Å². The van der Waals surface area contributed by atoms with Crippen molar-refractivity contribution < 1.29 is 19.1 Å². The molecule has 1 saturated heterocycles. The number of aryl methyl sites for hydroxylation is 1. The van der Waals surface area contributed by atoms with Crippen LogP contribution >= 0.6 is 0 Å². The number of amides is 1. The highest BCUT2D eigenvalue weighted by Crippen LogP contribution is 2.26. The number of pyridine rings is 1. The summed E-state index contributed by atoms with van der Waals surface area (Å²) in [5.74, 6) is -0.562. The van der Waals surface area contributed by atoms with Crippen LogP contribution in [0.1, 0.15) is 42.7 Å². The van der Waals surface area contributed by atoms with Gasteiger partial charge in [-0.2, -0.15) is 0 Å². The Balaban J connectivity index is 1.95. The van der Waals surface area contributed by atoms with Gasteiger partial charge in [0, 0.05) is 17.7 Å². The summed E-state index contributed by atoms with van der Waals surface area (Å²) in [5, 5.41) is 3.62. The van der Waals surface area contributed by atoms with Gasteiger partial charge >= 0.3 is 5.97 Å². The van der Waals surface area contributed by atoms with Gasteiger partial charge in [-0.15, -0.1) is 0 Å². The Morgan fingerprint density at radius 1 is 1.32 bits per heavy atom. The van der Waals surface area contributed by atoms with E-state index in [9.17, 15) is 9.59 Å². The van der Waals surface area contributed by atoms with Crippen molar-refractivity contribution >= 4 is 28.5 Å². The normalized spacial score (nSPS) is 17.0. The number of hydrogen-bond acceptors (Lipinski definition) is 5. The number of ether oxygens (including phenoxy) is 2. The summed E-state index contributed by atoms with van der Waals surface area (Å²) in [5.41, 5.74) is 2.55. The highest BCUT2D eigenvalue weighted by molar-refractivity contribution is 6.05. The Hall–Kier alpha value is -2.47. The fourth-order valence-corrected chi connectivity index (χ4v) is 2.87. The number of nitrogens with zero attached hydrogens (tertiary/aromatic N) is 1. The number of anilines is 1. The van der Waals surface area contributed by atoms with E-state index in [1.807, 2.05) is 6.92 Å². The van der Waals surface area contributed by atoms with Crippen LogP contribution in [0.2, 0.25) is 0 Å². The molecule has 1 N–H and O–H groups in total. The first-order valence-electron chi connectivity index (χ1n) is 8.49. The quantitative estimate of drug-likeness (QED) is 0.863. The molecule has 0 aliphatic carbocycles. The Kier molecular flexibility index (Phi) is 4.99. The van der Waals surface area contributed by atoms with Gasteiger partial charge in [-0.05, 0) is 57.9 Å². The summed E-state index contributed by atoms with van der Waals surface area (Å²) in [6, 6.07) is 6.95. The lowest BCUT2D eigenvalue weighted by Gasteiger charge is -2.14. The molecular weight excluding hydrogens is 320 g/mol. The average molecular weight is 342 g/mol. The molecule has 1 fully saturated rings. The minimum absolute atomic E-state index is 0.167. The zero-order chi connectivity index (χ0) is 18.0. The number of hydrogen-bond donors (Lipinski definition) is 1. The molecule has 0 saturated carbocycles. The molecule has 0 bridgehead atoms. The molecule has 1 unspecified atom stereocenters. The number of esters is 1. The number of benzene rings is 1. The van der Waals surface area contributed by atoms with Crippen LogP contribution in [0, 0.1) is 6.92 Å². The average Bonchev–Trinajstić information content (AvgIpc) is 3.08. The molecule has 1 aromatic carbocycles. The lowest BCUT2D eigenvalue weighted by molar-refractivity contribution is -0.124.